The smallest absolute Gasteiger partial charge is 0.243 e. The second-order valence-corrected chi connectivity index (χ2v) is 10.1. The van der Waals surface area contributed by atoms with Crippen molar-refractivity contribution in [2.75, 3.05) is 18.7 Å². The first-order valence-corrected chi connectivity index (χ1v) is 12.3. The maximum atomic E-state index is 14.0. The molecule has 1 unspecified atom stereocenters. The number of methoxy groups -OCH3 is 1. The summed E-state index contributed by atoms with van der Waals surface area (Å²) >= 11 is 12.4. The molecular formula is C23H19Cl2F2N3O3S. The molecule has 11 heteroatoms. The Morgan fingerprint density at radius 2 is 1.82 bits per heavy atom. The van der Waals surface area contributed by atoms with E-state index in [4.69, 9.17) is 27.9 Å². The van der Waals surface area contributed by atoms with E-state index < -0.39 is 26.6 Å². The molecular weight excluding hydrogens is 507 g/mol. The number of hydrogen-bond acceptors (Lipinski definition) is 5. The maximum absolute atomic E-state index is 14.0. The Morgan fingerprint density at radius 3 is 2.50 bits per heavy atom. The van der Waals surface area contributed by atoms with E-state index in [9.17, 15) is 17.2 Å². The first kappa shape index (κ1) is 24.4. The molecule has 178 valence electrons. The van der Waals surface area contributed by atoms with Crippen molar-refractivity contribution in [2.24, 2.45) is 5.10 Å². The number of hydrazone groups is 1. The van der Waals surface area contributed by atoms with Gasteiger partial charge in [0.15, 0.2) is 0 Å². The zero-order chi connectivity index (χ0) is 24.5. The van der Waals surface area contributed by atoms with Gasteiger partial charge in [-0.25, -0.2) is 21.9 Å². The van der Waals surface area contributed by atoms with Crippen molar-refractivity contribution in [3.8, 4) is 5.75 Å². The van der Waals surface area contributed by atoms with Gasteiger partial charge in [-0.3, -0.25) is 5.01 Å². The van der Waals surface area contributed by atoms with Gasteiger partial charge in [0.2, 0.25) is 10.0 Å². The van der Waals surface area contributed by atoms with Crippen LogP contribution in [0.5, 0.6) is 5.75 Å². The number of rotatable bonds is 7. The van der Waals surface area contributed by atoms with Crippen LogP contribution in [0.3, 0.4) is 0 Å². The number of halogens is 4. The summed E-state index contributed by atoms with van der Waals surface area (Å²) < 4.78 is 60.2. The van der Waals surface area contributed by atoms with Crippen molar-refractivity contribution in [2.45, 2.75) is 17.4 Å². The third kappa shape index (κ3) is 5.17. The van der Waals surface area contributed by atoms with Gasteiger partial charge >= 0.3 is 0 Å². The van der Waals surface area contributed by atoms with Gasteiger partial charge in [-0.1, -0.05) is 35.3 Å². The summed E-state index contributed by atoms with van der Waals surface area (Å²) in [5.74, 6) is -1.22. The highest BCUT2D eigenvalue weighted by molar-refractivity contribution is 7.89. The van der Waals surface area contributed by atoms with Gasteiger partial charge in [0.05, 0.1) is 36.1 Å². The fraction of sp³-hybridized carbons (Fsp3) is 0.174. The predicted molar refractivity (Wildman–Crippen MR) is 128 cm³/mol. The molecule has 0 fully saturated rings. The molecule has 0 saturated heterocycles. The van der Waals surface area contributed by atoms with Crippen molar-refractivity contribution in [1.82, 2.24) is 4.72 Å². The van der Waals surface area contributed by atoms with Crippen LogP contribution in [0, 0.1) is 11.6 Å². The quantitative estimate of drug-likeness (QED) is 0.438. The van der Waals surface area contributed by atoms with Crippen molar-refractivity contribution in [1.29, 1.82) is 0 Å². The van der Waals surface area contributed by atoms with Crippen LogP contribution in [0.1, 0.15) is 18.0 Å². The molecule has 1 N–H and O–H groups in total. The van der Waals surface area contributed by atoms with Crippen molar-refractivity contribution in [3.05, 3.63) is 87.9 Å². The standard InChI is InChI=1S/C23H19Cl2F2N3O3S/c1-33-18-6-2-14(3-7-18)22-12-17(29-30(22)21-9-4-15(24)10-19(21)25)13-28-34(31,32)23-11-16(26)5-8-20(23)27/h2-11,22,28H,12-13H2,1H3. The summed E-state index contributed by atoms with van der Waals surface area (Å²) in [5, 5.41) is 7.10. The first-order valence-electron chi connectivity index (χ1n) is 10.1. The van der Waals surface area contributed by atoms with Crippen LogP contribution in [-0.4, -0.2) is 27.8 Å². The van der Waals surface area contributed by atoms with Gasteiger partial charge in [-0.05, 0) is 54.1 Å². The summed E-state index contributed by atoms with van der Waals surface area (Å²) in [5.41, 5.74) is 1.96. The predicted octanol–water partition coefficient (Wildman–Crippen LogP) is 5.57. The van der Waals surface area contributed by atoms with E-state index in [2.05, 4.69) is 9.82 Å². The highest BCUT2D eigenvalue weighted by Gasteiger charge is 2.31. The van der Waals surface area contributed by atoms with Crippen LogP contribution < -0.4 is 14.5 Å². The van der Waals surface area contributed by atoms with E-state index in [0.717, 1.165) is 17.7 Å². The molecule has 1 aliphatic rings. The largest absolute Gasteiger partial charge is 0.497 e. The van der Waals surface area contributed by atoms with Crippen LogP contribution in [0.2, 0.25) is 10.0 Å². The van der Waals surface area contributed by atoms with Crippen LogP contribution >= 0.6 is 23.2 Å². The lowest BCUT2D eigenvalue weighted by Crippen LogP contribution is -2.30. The monoisotopic (exact) mass is 525 g/mol. The third-order valence-corrected chi connectivity index (χ3v) is 7.23. The average Bonchev–Trinajstić information content (AvgIpc) is 3.23. The third-order valence-electron chi connectivity index (χ3n) is 5.28. The van der Waals surface area contributed by atoms with Crippen LogP contribution in [0.25, 0.3) is 0 Å². The topological polar surface area (TPSA) is 71.0 Å². The highest BCUT2D eigenvalue weighted by Crippen LogP contribution is 2.40. The maximum Gasteiger partial charge on any atom is 0.243 e. The zero-order valence-electron chi connectivity index (χ0n) is 17.8. The SMILES string of the molecule is COc1ccc(C2CC(CNS(=O)(=O)c3cc(F)ccc3F)=NN2c2ccc(Cl)cc2Cl)cc1. The van der Waals surface area contributed by atoms with E-state index in [1.807, 2.05) is 24.3 Å². The Balaban J connectivity index is 1.62. The molecule has 0 amide bonds. The average molecular weight is 526 g/mol. The number of nitrogens with one attached hydrogen (secondary N) is 1. The lowest BCUT2D eigenvalue weighted by Gasteiger charge is -2.25. The van der Waals surface area contributed by atoms with Crippen molar-refractivity contribution in [3.63, 3.8) is 0 Å². The lowest BCUT2D eigenvalue weighted by atomic mass is 10.0. The Kier molecular flexibility index (Phi) is 7.09. The Bertz CT molecular complexity index is 1350. The summed E-state index contributed by atoms with van der Waals surface area (Å²) in [6, 6.07) is 14.3. The van der Waals surface area contributed by atoms with E-state index in [1.165, 1.54) is 0 Å². The van der Waals surface area contributed by atoms with Gasteiger partial charge in [0.1, 0.15) is 22.3 Å². The number of sulfonamides is 1. The van der Waals surface area contributed by atoms with Crippen LogP contribution in [0.4, 0.5) is 14.5 Å². The Morgan fingerprint density at radius 1 is 1.09 bits per heavy atom. The van der Waals surface area contributed by atoms with Crippen molar-refractivity contribution >= 4 is 44.6 Å². The summed E-state index contributed by atoms with van der Waals surface area (Å²) in [4.78, 5) is -0.768. The number of benzene rings is 3. The fourth-order valence-corrected chi connectivity index (χ4v) is 5.19. The molecule has 0 spiro atoms. The van der Waals surface area contributed by atoms with Gasteiger partial charge in [-0.15, -0.1) is 0 Å². The summed E-state index contributed by atoms with van der Waals surface area (Å²) in [6.07, 6.45) is 0.361. The van der Waals surface area contributed by atoms with Gasteiger partial charge in [0, 0.05) is 11.4 Å². The second kappa shape index (κ2) is 9.87. The molecule has 3 aromatic rings. The molecule has 3 aromatic carbocycles. The first-order chi connectivity index (χ1) is 16.2. The molecule has 0 bridgehead atoms. The summed E-state index contributed by atoms with van der Waals surface area (Å²) in [6.45, 7) is -0.202. The van der Waals surface area contributed by atoms with Gasteiger partial charge < -0.3 is 4.74 Å². The normalized spacial score (nSPS) is 16.0. The van der Waals surface area contributed by atoms with Crippen LogP contribution in [-0.2, 0) is 10.0 Å². The fourth-order valence-electron chi connectivity index (χ4n) is 3.59. The number of hydrogen-bond donors (Lipinski definition) is 1. The van der Waals surface area contributed by atoms with Gasteiger partial charge in [-0.2, -0.15) is 5.10 Å². The highest BCUT2D eigenvalue weighted by atomic mass is 35.5. The van der Waals surface area contributed by atoms with E-state index >= 15 is 0 Å². The number of anilines is 1. The second-order valence-electron chi connectivity index (χ2n) is 7.50. The van der Waals surface area contributed by atoms with Crippen LogP contribution in [0.15, 0.2) is 70.7 Å². The lowest BCUT2D eigenvalue weighted by molar-refractivity contribution is 0.414. The number of nitrogens with zero attached hydrogens (tertiary/aromatic N) is 2. The molecule has 1 aliphatic heterocycles. The van der Waals surface area contributed by atoms with Crippen molar-refractivity contribution < 1.29 is 21.9 Å². The van der Waals surface area contributed by atoms with Gasteiger partial charge in [0.25, 0.3) is 0 Å². The molecule has 34 heavy (non-hydrogen) atoms. The van der Waals surface area contributed by atoms with E-state index in [1.54, 1.807) is 30.3 Å². The molecule has 0 saturated carbocycles. The molecule has 1 atom stereocenters. The molecule has 4 rings (SSSR count). The zero-order valence-corrected chi connectivity index (χ0v) is 20.1. The number of ether oxygens (including phenoxy) is 1. The molecule has 6 nitrogen and oxygen atoms in total. The molecule has 0 radical (unpaired) electrons. The Labute approximate surface area is 205 Å². The minimum atomic E-state index is -4.31. The minimum Gasteiger partial charge on any atom is -0.497 e. The Hall–Kier alpha value is -2.72. The molecule has 1 heterocycles. The summed E-state index contributed by atoms with van der Waals surface area (Å²) in [7, 11) is -2.74. The molecule has 0 aromatic heterocycles. The van der Waals surface area contributed by atoms with E-state index in [0.29, 0.717) is 39.7 Å². The van der Waals surface area contributed by atoms with E-state index in [-0.39, 0.29) is 12.6 Å². The molecule has 0 aliphatic carbocycles. The minimum absolute atomic E-state index is 0.202.